The highest BCUT2D eigenvalue weighted by atomic mass is 15.3. The predicted molar refractivity (Wildman–Crippen MR) is 112 cm³/mol. The van der Waals surface area contributed by atoms with E-state index in [9.17, 15) is 0 Å². The highest BCUT2D eigenvalue weighted by Gasteiger charge is 2.17. The molecule has 0 bridgehead atoms. The van der Waals surface area contributed by atoms with E-state index in [0.717, 1.165) is 46.0 Å². The number of benzene rings is 2. The topological polar surface area (TPSA) is 42.2 Å². The van der Waals surface area contributed by atoms with E-state index in [4.69, 9.17) is 10.1 Å². The molecule has 0 aliphatic rings. The van der Waals surface area contributed by atoms with Crippen LogP contribution in [0.1, 0.15) is 26.0 Å². The standard InChI is InChI=1S/C23H24N4/c1-4-16(2)24-21-15-20(18-11-7-5-8-12-18)25-23-22(17(3)26-27(21)23)19-13-9-6-10-14-19/h5-16,24H,4H2,1-3H3/t16-/m1/s1. The van der Waals surface area contributed by atoms with E-state index in [1.807, 2.05) is 35.7 Å². The van der Waals surface area contributed by atoms with Crippen molar-refractivity contribution in [3.05, 3.63) is 72.4 Å². The van der Waals surface area contributed by atoms with Crippen LogP contribution in [0.15, 0.2) is 66.7 Å². The molecule has 2 aromatic heterocycles. The third-order valence-corrected chi connectivity index (χ3v) is 4.90. The number of rotatable bonds is 5. The van der Waals surface area contributed by atoms with E-state index < -0.39 is 0 Å². The number of aryl methyl sites for hydroxylation is 1. The van der Waals surface area contributed by atoms with Crippen LogP contribution in [0.25, 0.3) is 28.0 Å². The van der Waals surface area contributed by atoms with Crippen molar-refractivity contribution in [3.8, 4) is 22.4 Å². The van der Waals surface area contributed by atoms with Crippen LogP contribution in [0.5, 0.6) is 0 Å². The van der Waals surface area contributed by atoms with Crippen LogP contribution in [-0.2, 0) is 0 Å². The van der Waals surface area contributed by atoms with Gasteiger partial charge in [-0.3, -0.25) is 0 Å². The predicted octanol–water partition coefficient (Wildman–Crippen LogP) is 5.58. The van der Waals surface area contributed by atoms with Gasteiger partial charge in [0.25, 0.3) is 0 Å². The second kappa shape index (κ2) is 7.23. The smallest absolute Gasteiger partial charge is 0.166 e. The van der Waals surface area contributed by atoms with Crippen LogP contribution < -0.4 is 5.32 Å². The Bertz CT molecular complexity index is 1050. The molecule has 0 saturated carbocycles. The Morgan fingerprint density at radius 1 is 0.963 bits per heavy atom. The second-order valence-corrected chi connectivity index (χ2v) is 6.91. The summed E-state index contributed by atoms with van der Waals surface area (Å²) in [5.74, 6) is 0.971. The van der Waals surface area contributed by atoms with E-state index in [1.54, 1.807) is 0 Å². The molecule has 0 aliphatic carbocycles. The molecule has 0 aliphatic heterocycles. The van der Waals surface area contributed by atoms with Crippen molar-refractivity contribution in [2.45, 2.75) is 33.2 Å². The van der Waals surface area contributed by atoms with E-state index >= 15 is 0 Å². The molecule has 0 unspecified atom stereocenters. The van der Waals surface area contributed by atoms with Crippen molar-refractivity contribution in [2.24, 2.45) is 0 Å². The lowest BCUT2D eigenvalue weighted by molar-refractivity contribution is 0.748. The zero-order valence-electron chi connectivity index (χ0n) is 16.0. The Morgan fingerprint density at radius 2 is 1.59 bits per heavy atom. The molecule has 136 valence electrons. The summed E-state index contributed by atoms with van der Waals surface area (Å²) in [6, 6.07) is 23.1. The van der Waals surface area contributed by atoms with Crippen molar-refractivity contribution < 1.29 is 0 Å². The third kappa shape index (κ3) is 3.31. The number of nitrogens with one attached hydrogen (secondary N) is 1. The summed E-state index contributed by atoms with van der Waals surface area (Å²) in [6.07, 6.45) is 1.04. The van der Waals surface area contributed by atoms with Crippen LogP contribution in [-0.4, -0.2) is 20.6 Å². The highest BCUT2D eigenvalue weighted by Crippen LogP contribution is 2.31. The molecule has 0 fully saturated rings. The van der Waals surface area contributed by atoms with Crippen molar-refractivity contribution >= 4 is 11.5 Å². The van der Waals surface area contributed by atoms with E-state index in [2.05, 4.69) is 61.6 Å². The van der Waals surface area contributed by atoms with Gasteiger partial charge in [0.2, 0.25) is 0 Å². The molecule has 2 heterocycles. The van der Waals surface area contributed by atoms with E-state index in [1.165, 1.54) is 0 Å². The van der Waals surface area contributed by atoms with Crippen molar-refractivity contribution in [1.82, 2.24) is 14.6 Å². The van der Waals surface area contributed by atoms with Crippen LogP contribution in [0.2, 0.25) is 0 Å². The molecule has 4 rings (SSSR count). The molecule has 0 saturated heterocycles. The lowest BCUT2D eigenvalue weighted by Crippen LogP contribution is -2.16. The number of hydrogen-bond acceptors (Lipinski definition) is 3. The Hall–Kier alpha value is -3.14. The average Bonchev–Trinajstić information content (AvgIpc) is 3.05. The first-order valence-electron chi connectivity index (χ1n) is 9.45. The molecule has 1 atom stereocenters. The monoisotopic (exact) mass is 356 g/mol. The van der Waals surface area contributed by atoms with Crippen molar-refractivity contribution in [3.63, 3.8) is 0 Å². The Morgan fingerprint density at radius 3 is 2.22 bits per heavy atom. The summed E-state index contributed by atoms with van der Waals surface area (Å²) in [5, 5.41) is 8.40. The van der Waals surface area contributed by atoms with Gasteiger partial charge in [0.15, 0.2) is 5.65 Å². The first kappa shape index (κ1) is 17.3. The quantitative estimate of drug-likeness (QED) is 0.507. The minimum atomic E-state index is 0.351. The molecule has 1 N–H and O–H groups in total. The average molecular weight is 356 g/mol. The minimum Gasteiger partial charge on any atom is -0.367 e. The van der Waals surface area contributed by atoms with Gasteiger partial charge in [0.1, 0.15) is 5.82 Å². The van der Waals surface area contributed by atoms with Gasteiger partial charge in [0, 0.05) is 23.2 Å². The fraction of sp³-hybridized carbons (Fsp3) is 0.217. The largest absolute Gasteiger partial charge is 0.367 e. The molecule has 0 spiro atoms. The van der Waals surface area contributed by atoms with E-state index in [0.29, 0.717) is 6.04 Å². The first-order chi connectivity index (χ1) is 13.2. The summed E-state index contributed by atoms with van der Waals surface area (Å²) in [4.78, 5) is 5.00. The lowest BCUT2D eigenvalue weighted by atomic mass is 10.1. The zero-order chi connectivity index (χ0) is 18.8. The minimum absolute atomic E-state index is 0.351. The molecular formula is C23H24N4. The van der Waals surface area contributed by atoms with Crippen molar-refractivity contribution in [1.29, 1.82) is 0 Å². The number of aromatic nitrogens is 3. The number of fused-ring (bicyclic) bond motifs is 1. The van der Waals surface area contributed by atoms with Crippen LogP contribution in [0.4, 0.5) is 5.82 Å². The fourth-order valence-electron chi connectivity index (χ4n) is 3.28. The van der Waals surface area contributed by atoms with Gasteiger partial charge in [-0.1, -0.05) is 67.6 Å². The summed E-state index contributed by atoms with van der Waals surface area (Å²) in [6.45, 7) is 6.41. The normalized spacial score (nSPS) is 12.3. The fourth-order valence-corrected chi connectivity index (χ4v) is 3.28. The highest BCUT2D eigenvalue weighted by molar-refractivity contribution is 5.82. The maximum atomic E-state index is 5.00. The molecule has 0 amide bonds. The maximum absolute atomic E-state index is 5.00. The molecule has 4 heteroatoms. The maximum Gasteiger partial charge on any atom is 0.166 e. The van der Waals surface area contributed by atoms with Gasteiger partial charge in [-0.25, -0.2) is 4.98 Å². The molecule has 0 radical (unpaired) electrons. The summed E-state index contributed by atoms with van der Waals surface area (Å²) in [5.41, 5.74) is 6.13. The van der Waals surface area contributed by atoms with Gasteiger partial charge in [-0.05, 0) is 25.8 Å². The Kier molecular flexibility index (Phi) is 4.63. The molecule has 4 aromatic rings. The Balaban J connectivity index is 1.98. The number of hydrogen-bond donors (Lipinski definition) is 1. The molecule has 2 aromatic carbocycles. The van der Waals surface area contributed by atoms with Gasteiger partial charge in [-0.15, -0.1) is 0 Å². The van der Waals surface area contributed by atoms with Crippen LogP contribution in [0, 0.1) is 6.92 Å². The van der Waals surface area contributed by atoms with Gasteiger partial charge in [-0.2, -0.15) is 9.61 Å². The molecule has 27 heavy (non-hydrogen) atoms. The molecular weight excluding hydrogens is 332 g/mol. The van der Waals surface area contributed by atoms with Gasteiger partial charge in [0.05, 0.1) is 11.4 Å². The first-order valence-corrected chi connectivity index (χ1v) is 9.45. The number of anilines is 1. The molecule has 4 nitrogen and oxygen atoms in total. The van der Waals surface area contributed by atoms with Gasteiger partial charge >= 0.3 is 0 Å². The Labute approximate surface area is 159 Å². The lowest BCUT2D eigenvalue weighted by Gasteiger charge is -2.15. The third-order valence-electron chi connectivity index (χ3n) is 4.90. The SMILES string of the molecule is CC[C@@H](C)Nc1cc(-c2ccccc2)nc2c(-c3ccccc3)c(C)nn12. The van der Waals surface area contributed by atoms with Crippen LogP contribution >= 0.6 is 0 Å². The summed E-state index contributed by atoms with van der Waals surface area (Å²) >= 11 is 0. The van der Waals surface area contributed by atoms with Gasteiger partial charge < -0.3 is 5.32 Å². The van der Waals surface area contributed by atoms with Crippen molar-refractivity contribution in [2.75, 3.05) is 5.32 Å². The summed E-state index contributed by atoms with van der Waals surface area (Å²) < 4.78 is 1.94. The number of nitrogens with zero attached hydrogens (tertiary/aromatic N) is 3. The van der Waals surface area contributed by atoms with E-state index in [-0.39, 0.29) is 0 Å². The second-order valence-electron chi connectivity index (χ2n) is 6.91. The van der Waals surface area contributed by atoms with Crippen LogP contribution in [0.3, 0.4) is 0 Å². The summed E-state index contributed by atoms with van der Waals surface area (Å²) in [7, 11) is 0. The zero-order valence-corrected chi connectivity index (χ0v) is 16.0.